The Morgan fingerprint density at radius 1 is 1.23 bits per heavy atom. The third-order valence-electron chi connectivity index (χ3n) is 3.79. The summed E-state index contributed by atoms with van der Waals surface area (Å²) in [5.41, 5.74) is 4.16. The average molecular weight is 348 g/mol. The van der Waals surface area contributed by atoms with Gasteiger partial charge in [0.05, 0.1) is 11.9 Å². The highest BCUT2D eigenvalue weighted by Crippen LogP contribution is 2.27. The van der Waals surface area contributed by atoms with Crippen LogP contribution in [0, 0.1) is 0 Å². The van der Waals surface area contributed by atoms with Gasteiger partial charge in [-0.1, -0.05) is 6.07 Å². The maximum Gasteiger partial charge on any atom is 0.321 e. The number of nitrogens with one attached hydrogen (secondary N) is 3. The lowest BCUT2D eigenvalue weighted by atomic mass is 10.1. The SMILES string of the molecule is CCNC(=O)Nc1nc2cc(-c3cccnc3)cc(-c3cn[nH]c3)n2n1. The monoisotopic (exact) mass is 348 g/mol. The second kappa shape index (κ2) is 6.63. The molecule has 0 spiro atoms. The summed E-state index contributed by atoms with van der Waals surface area (Å²) in [5.74, 6) is 0.226. The molecule has 2 amide bonds. The zero-order valence-corrected chi connectivity index (χ0v) is 14.0. The van der Waals surface area contributed by atoms with Crippen LogP contribution in [0.3, 0.4) is 0 Å². The minimum atomic E-state index is -0.347. The summed E-state index contributed by atoms with van der Waals surface area (Å²) in [4.78, 5) is 20.3. The van der Waals surface area contributed by atoms with Gasteiger partial charge in [0.1, 0.15) is 0 Å². The van der Waals surface area contributed by atoms with E-state index in [1.54, 1.807) is 29.3 Å². The van der Waals surface area contributed by atoms with Gasteiger partial charge in [-0.15, -0.1) is 5.10 Å². The lowest BCUT2D eigenvalue weighted by Gasteiger charge is -2.06. The summed E-state index contributed by atoms with van der Waals surface area (Å²) >= 11 is 0. The zero-order valence-electron chi connectivity index (χ0n) is 14.0. The van der Waals surface area contributed by atoms with Crippen molar-refractivity contribution in [2.75, 3.05) is 11.9 Å². The topological polar surface area (TPSA) is 113 Å². The molecule has 0 aliphatic rings. The highest BCUT2D eigenvalue weighted by molar-refractivity contribution is 5.87. The van der Waals surface area contributed by atoms with Gasteiger partial charge in [-0.25, -0.2) is 9.31 Å². The molecule has 26 heavy (non-hydrogen) atoms. The summed E-state index contributed by atoms with van der Waals surface area (Å²) < 4.78 is 1.67. The molecule has 9 heteroatoms. The van der Waals surface area contributed by atoms with Crippen molar-refractivity contribution in [1.82, 2.24) is 35.1 Å². The first kappa shape index (κ1) is 15.8. The van der Waals surface area contributed by atoms with Crippen LogP contribution in [0.25, 0.3) is 28.0 Å². The van der Waals surface area contributed by atoms with E-state index in [1.165, 1.54) is 0 Å². The van der Waals surface area contributed by atoms with Gasteiger partial charge in [0.25, 0.3) is 5.95 Å². The molecule has 4 heterocycles. The number of rotatable bonds is 4. The third-order valence-corrected chi connectivity index (χ3v) is 3.79. The predicted molar refractivity (Wildman–Crippen MR) is 96.5 cm³/mol. The van der Waals surface area contributed by atoms with E-state index in [1.807, 2.05) is 31.2 Å². The molecule has 3 N–H and O–H groups in total. The van der Waals surface area contributed by atoms with E-state index in [0.29, 0.717) is 12.2 Å². The van der Waals surface area contributed by atoms with E-state index in [-0.39, 0.29) is 12.0 Å². The highest BCUT2D eigenvalue weighted by atomic mass is 16.2. The Labute approximate surface area is 148 Å². The summed E-state index contributed by atoms with van der Waals surface area (Å²) in [6, 6.07) is 7.39. The molecular weight excluding hydrogens is 332 g/mol. The Hall–Kier alpha value is -3.75. The molecule has 4 aromatic rings. The van der Waals surface area contributed by atoms with Crippen molar-refractivity contribution in [3.63, 3.8) is 0 Å². The van der Waals surface area contributed by atoms with Gasteiger partial charge < -0.3 is 5.32 Å². The highest BCUT2D eigenvalue weighted by Gasteiger charge is 2.14. The van der Waals surface area contributed by atoms with E-state index >= 15 is 0 Å². The molecule has 0 bridgehead atoms. The number of aromatic amines is 1. The van der Waals surface area contributed by atoms with Gasteiger partial charge in [-0.05, 0) is 30.7 Å². The van der Waals surface area contributed by atoms with E-state index in [2.05, 4.69) is 35.9 Å². The molecule has 9 nitrogen and oxygen atoms in total. The first-order chi connectivity index (χ1) is 12.7. The number of urea groups is 1. The number of hydrogen-bond donors (Lipinski definition) is 3. The number of carbonyl (C=O) groups is 1. The summed E-state index contributed by atoms with van der Waals surface area (Å²) in [5, 5.41) is 16.5. The number of nitrogens with zero attached hydrogens (tertiary/aromatic N) is 5. The Balaban J connectivity index is 1.85. The number of fused-ring (bicyclic) bond motifs is 1. The number of anilines is 1. The van der Waals surface area contributed by atoms with Crippen LogP contribution in [-0.2, 0) is 0 Å². The van der Waals surface area contributed by atoms with Gasteiger partial charge in [0.15, 0.2) is 5.65 Å². The van der Waals surface area contributed by atoms with Crippen molar-refractivity contribution in [2.24, 2.45) is 0 Å². The average Bonchev–Trinajstić information content (AvgIpc) is 3.31. The minimum Gasteiger partial charge on any atom is -0.338 e. The van der Waals surface area contributed by atoms with Crippen LogP contribution in [0.15, 0.2) is 49.1 Å². The van der Waals surface area contributed by atoms with Gasteiger partial charge in [0.2, 0.25) is 0 Å². The molecule has 0 unspecified atom stereocenters. The van der Waals surface area contributed by atoms with Crippen LogP contribution >= 0.6 is 0 Å². The number of aromatic nitrogens is 6. The van der Waals surface area contributed by atoms with Crippen molar-refractivity contribution < 1.29 is 4.79 Å². The molecule has 0 aliphatic carbocycles. The second-order valence-electron chi connectivity index (χ2n) is 5.55. The predicted octanol–water partition coefficient (Wildman–Crippen LogP) is 2.32. The number of hydrogen-bond acceptors (Lipinski definition) is 5. The van der Waals surface area contributed by atoms with Crippen molar-refractivity contribution in [3.8, 4) is 22.4 Å². The normalized spacial score (nSPS) is 10.8. The van der Waals surface area contributed by atoms with Gasteiger partial charge in [-0.3, -0.25) is 15.4 Å². The molecule has 0 aliphatic heterocycles. The largest absolute Gasteiger partial charge is 0.338 e. The van der Waals surface area contributed by atoms with E-state index in [4.69, 9.17) is 0 Å². The standard InChI is InChI=1S/C17H16N8O/c1-2-19-17(26)23-16-22-15-7-12(11-4-3-5-18-8-11)6-14(25(15)24-16)13-9-20-21-10-13/h3-10H,2H2,1H3,(H,20,21)(H2,19,23,24,26). The van der Waals surface area contributed by atoms with Crippen molar-refractivity contribution >= 4 is 17.6 Å². The number of H-pyrrole nitrogens is 1. The fourth-order valence-electron chi connectivity index (χ4n) is 2.64. The molecular formula is C17H16N8O. The molecule has 4 aromatic heterocycles. The summed E-state index contributed by atoms with van der Waals surface area (Å²) in [6.45, 7) is 2.36. The van der Waals surface area contributed by atoms with E-state index in [0.717, 1.165) is 22.4 Å². The van der Waals surface area contributed by atoms with Crippen molar-refractivity contribution in [1.29, 1.82) is 0 Å². The lowest BCUT2D eigenvalue weighted by Crippen LogP contribution is -2.28. The maximum absolute atomic E-state index is 11.8. The molecule has 130 valence electrons. The Morgan fingerprint density at radius 3 is 2.88 bits per heavy atom. The number of carbonyl (C=O) groups excluding carboxylic acids is 1. The minimum absolute atomic E-state index is 0.226. The molecule has 0 aromatic carbocycles. The number of pyridine rings is 2. The summed E-state index contributed by atoms with van der Waals surface area (Å²) in [6.07, 6.45) is 7.00. The fourth-order valence-corrected chi connectivity index (χ4v) is 2.64. The lowest BCUT2D eigenvalue weighted by molar-refractivity contribution is 0.252. The van der Waals surface area contributed by atoms with Crippen molar-refractivity contribution in [3.05, 3.63) is 49.1 Å². The smallest absolute Gasteiger partial charge is 0.321 e. The van der Waals surface area contributed by atoms with Crippen LogP contribution in [0.1, 0.15) is 6.92 Å². The van der Waals surface area contributed by atoms with Gasteiger partial charge in [0, 0.05) is 36.3 Å². The van der Waals surface area contributed by atoms with Crippen molar-refractivity contribution in [2.45, 2.75) is 6.92 Å². The quantitative estimate of drug-likeness (QED) is 0.524. The third kappa shape index (κ3) is 2.97. The molecule has 0 radical (unpaired) electrons. The van der Waals surface area contributed by atoms with Crippen LogP contribution < -0.4 is 10.6 Å². The molecule has 0 saturated heterocycles. The van der Waals surface area contributed by atoms with Crippen LogP contribution in [0.5, 0.6) is 0 Å². The fraction of sp³-hybridized carbons (Fsp3) is 0.118. The van der Waals surface area contributed by atoms with E-state index in [9.17, 15) is 4.79 Å². The molecule has 0 saturated carbocycles. The molecule has 0 atom stereocenters. The Kier molecular flexibility index (Phi) is 4.02. The molecule has 0 fully saturated rings. The van der Waals surface area contributed by atoms with Crippen LogP contribution in [0.4, 0.5) is 10.7 Å². The Morgan fingerprint density at radius 2 is 2.15 bits per heavy atom. The zero-order chi connectivity index (χ0) is 17.9. The maximum atomic E-state index is 11.8. The Bertz CT molecular complexity index is 1040. The van der Waals surface area contributed by atoms with Crippen LogP contribution in [0.2, 0.25) is 0 Å². The van der Waals surface area contributed by atoms with E-state index < -0.39 is 0 Å². The van der Waals surface area contributed by atoms with Gasteiger partial charge >= 0.3 is 6.03 Å². The first-order valence-corrected chi connectivity index (χ1v) is 8.10. The molecule has 4 rings (SSSR count). The van der Waals surface area contributed by atoms with Crippen LogP contribution in [-0.4, -0.2) is 42.4 Å². The first-order valence-electron chi connectivity index (χ1n) is 8.10. The second-order valence-corrected chi connectivity index (χ2v) is 5.55. The van der Waals surface area contributed by atoms with Gasteiger partial charge in [-0.2, -0.15) is 10.1 Å². The number of amides is 2. The summed E-state index contributed by atoms with van der Waals surface area (Å²) in [7, 11) is 0.